The SMILES string of the molecule is CCCCSCc1ccc(/C(N)=N/O)cc1F. The Hall–Kier alpha value is -1.23. The largest absolute Gasteiger partial charge is 0.409 e. The van der Waals surface area contributed by atoms with E-state index in [1.807, 2.05) is 0 Å². The molecule has 3 nitrogen and oxygen atoms in total. The van der Waals surface area contributed by atoms with Gasteiger partial charge in [0.15, 0.2) is 5.84 Å². The molecule has 0 saturated carbocycles. The zero-order valence-electron chi connectivity index (χ0n) is 9.82. The number of nitrogens with zero attached hydrogens (tertiary/aromatic N) is 1. The van der Waals surface area contributed by atoms with Crippen LogP contribution in [0.5, 0.6) is 0 Å². The number of hydrogen-bond acceptors (Lipinski definition) is 3. The van der Waals surface area contributed by atoms with Gasteiger partial charge in [-0.3, -0.25) is 0 Å². The van der Waals surface area contributed by atoms with Crippen molar-refractivity contribution in [3.8, 4) is 0 Å². The number of rotatable bonds is 6. The lowest BCUT2D eigenvalue weighted by Gasteiger charge is -2.05. The van der Waals surface area contributed by atoms with Gasteiger partial charge in [-0.15, -0.1) is 0 Å². The van der Waals surface area contributed by atoms with Crippen molar-refractivity contribution in [2.45, 2.75) is 25.5 Å². The molecule has 1 aromatic rings. The van der Waals surface area contributed by atoms with E-state index >= 15 is 0 Å². The minimum atomic E-state index is -0.307. The van der Waals surface area contributed by atoms with Crippen LogP contribution in [-0.2, 0) is 5.75 Å². The van der Waals surface area contributed by atoms with Crippen LogP contribution in [0.1, 0.15) is 30.9 Å². The van der Waals surface area contributed by atoms with E-state index in [2.05, 4.69) is 12.1 Å². The molecule has 0 radical (unpaired) electrons. The van der Waals surface area contributed by atoms with Crippen LogP contribution in [-0.4, -0.2) is 16.8 Å². The van der Waals surface area contributed by atoms with Gasteiger partial charge in [-0.25, -0.2) is 4.39 Å². The number of halogens is 1. The maximum atomic E-state index is 13.7. The summed E-state index contributed by atoms with van der Waals surface area (Å²) in [5.74, 6) is 1.31. The highest BCUT2D eigenvalue weighted by Crippen LogP contribution is 2.18. The van der Waals surface area contributed by atoms with Crippen molar-refractivity contribution in [2.75, 3.05) is 5.75 Å². The van der Waals surface area contributed by atoms with Crippen LogP contribution in [0.25, 0.3) is 0 Å². The van der Waals surface area contributed by atoms with Crippen molar-refractivity contribution in [3.63, 3.8) is 0 Å². The van der Waals surface area contributed by atoms with Gasteiger partial charge in [-0.2, -0.15) is 11.8 Å². The van der Waals surface area contributed by atoms with E-state index in [0.717, 1.165) is 18.6 Å². The van der Waals surface area contributed by atoms with Gasteiger partial charge in [0.05, 0.1) is 0 Å². The zero-order valence-corrected chi connectivity index (χ0v) is 10.6. The van der Waals surface area contributed by atoms with E-state index < -0.39 is 0 Å². The molecule has 0 aliphatic carbocycles. The molecule has 5 heteroatoms. The Bertz CT molecular complexity index is 396. The highest BCUT2D eigenvalue weighted by atomic mass is 32.2. The summed E-state index contributed by atoms with van der Waals surface area (Å²) < 4.78 is 13.7. The van der Waals surface area contributed by atoms with Gasteiger partial charge < -0.3 is 10.9 Å². The molecule has 94 valence electrons. The fraction of sp³-hybridized carbons (Fsp3) is 0.417. The lowest BCUT2D eigenvalue weighted by atomic mass is 10.1. The Labute approximate surface area is 105 Å². The van der Waals surface area contributed by atoms with E-state index in [1.165, 1.54) is 6.07 Å². The molecule has 0 unspecified atom stereocenters. The van der Waals surface area contributed by atoms with E-state index in [1.54, 1.807) is 23.9 Å². The van der Waals surface area contributed by atoms with Crippen LogP contribution in [0, 0.1) is 5.82 Å². The maximum Gasteiger partial charge on any atom is 0.170 e. The second-order valence-electron chi connectivity index (χ2n) is 3.70. The first-order chi connectivity index (χ1) is 8.19. The van der Waals surface area contributed by atoms with Crippen LogP contribution in [0.4, 0.5) is 4.39 Å². The quantitative estimate of drug-likeness (QED) is 0.270. The second-order valence-corrected chi connectivity index (χ2v) is 4.80. The third-order valence-electron chi connectivity index (χ3n) is 2.36. The van der Waals surface area contributed by atoms with E-state index in [0.29, 0.717) is 16.9 Å². The predicted molar refractivity (Wildman–Crippen MR) is 70.0 cm³/mol. The first kappa shape index (κ1) is 13.8. The van der Waals surface area contributed by atoms with Crippen LogP contribution in [0.2, 0.25) is 0 Å². The van der Waals surface area contributed by atoms with Gasteiger partial charge in [0.2, 0.25) is 0 Å². The van der Waals surface area contributed by atoms with Gasteiger partial charge >= 0.3 is 0 Å². The molecule has 0 spiro atoms. The summed E-state index contributed by atoms with van der Waals surface area (Å²) in [6.45, 7) is 2.13. The number of nitrogens with two attached hydrogens (primary N) is 1. The summed E-state index contributed by atoms with van der Waals surface area (Å²) in [7, 11) is 0. The molecular weight excluding hydrogens is 239 g/mol. The number of amidine groups is 1. The molecule has 0 fully saturated rings. The predicted octanol–water partition coefficient (Wildman–Crippen LogP) is 2.95. The van der Waals surface area contributed by atoms with Crippen LogP contribution < -0.4 is 5.73 Å². The normalized spacial score (nSPS) is 11.8. The first-order valence-electron chi connectivity index (χ1n) is 5.53. The fourth-order valence-corrected chi connectivity index (χ4v) is 2.40. The van der Waals surface area contributed by atoms with Crippen molar-refractivity contribution in [1.29, 1.82) is 0 Å². The number of hydrogen-bond donors (Lipinski definition) is 2. The van der Waals surface area contributed by atoms with Gasteiger partial charge in [0.1, 0.15) is 5.82 Å². The van der Waals surface area contributed by atoms with Crippen LogP contribution >= 0.6 is 11.8 Å². The molecule has 0 amide bonds. The molecule has 3 N–H and O–H groups in total. The van der Waals surface area contributed by atoms with Crippen molar-refractivity contribution in [3.05, 3.63) is 35.1 Å². The molecule has 0 aliphatic rings. The Morgan fingerprint density at radius 1 is 1.53 bits per heavy atom. The van der Waals surface area contributed by atoms with Crippen molar-refractivity contribution in [2.24, 2.45) is 10.9 Å². The Kier molecular flexibility index (Phi) is 5.83. The monoisotopic (exact) mass is 256 g/mol. The molecule has 0 bridgehead atoms. The number of unbranched alkanes of at least 4 members (excludes halogenated alkanes) is 1. The molecule has 0 atom stereocenters. The smallest absolute Gasteiger partial charge is 0.170 e. The molecule has 1 rings (SSSR count). The summed E-state index contributed by atoms with van der Waals surface area (Å²) in [6, 6.07) is 4.64. The highest BCUT2D eigenvalue weighted by Gasteiger charge is 2.06. The molecule has 0 aromatic heterocycles. The minimum Gasteiger partial charge on any atom is -0.409 e. The summed E-state index contributed by atoms with van der Waals surface area (Å²) in [4.78, 5) is 0. The number of thioether (sulfide) groups is 1. The fourth-order valence-electron chi connectivity index (χ4n) is 1.31. The summed E-state index contributed by atoms with van der Waals surface area (Å²) in [6.07, 6.45) is 2.30. The van der Waals surface area contributed by atoms with Gasteiger partial charge in [-0.1, -0.05) is 30.6 Å². The average Bonchev–Trinajstić information content (AvgIpc) is 2.35. The third kappa shape index (κ3) is 4.26. The van der Waals surface area contributed by atoms with E-state index in [-0.39, 0.29) is 11.7 Å². The van der Waals surface area contributed by atoms with Gasteiger partial charge in [0.25, 0.3) is 0 Å². The molecule has 17 heavy (non-hydrogen) atoms. The second kappa shape index (κ2) is 7.17. The minimum absolute atomic E-state index is 0.0749. The summed E-state index contributed by atoms with van der Waals surface area (Å²) in [5.41, 5.74) is 6.43. The topological polar surface area (TPSA) is 58.6 Å². The Balaban J connectivity index is 2.63. The third-order valence-corrected chi connectivity index (χ3v) is 3.45. The number of benzene rings is 1. The zero-order chi connectivity index (χ0) is 12.7. The lowest BCUT2D eigenvalue weighted by Crippen LogP contribution is -2.13. The molecule has 1 aromatic carbocycles. The van der Waals surface area contributed by atoms with Crippen LogP contribution in [0.3, 0.4) is 0 Å². The Morgan fingerprint density at radius 2 is 2.29 bits per heavy atom. The Morgan fingerprint density at radius 3 is 2.88 bits per heavy atom. The van der Waals surface area contributed by atoms with Crippen molar-refractivity contribution in [1.82, 2.24) is 0 Å². The van der Waals surface area contributed by atoms with Gasteiger partial charge in [-0.05, 0) is 23.8 Å². The maximum absolute atomic E-state index is 13.7. The molecule has 0 saturated heterocycles. The molecule has 0 heterocycles. The van der Waals surface area contributed by atoms with E-state index in [9.17, 15) is 4.39 Å². The van der Waals surface area contributed by atoms with Crippen LogP contribution in [0.15, 0.2) is 23.4 Å². The highest BCUT2D eigenvalue weighted by molar-refractivity contribution is 7.98. The average molecular weight is 256 g/mol. The van der Waals surface area contributed by atoms with Crippen molar-refractivity contribution < 1.29 is 9.60 Å². The molecule has 0 aliphatic heterocycles. The standard InChI is InChI=1S/C12H17FN2OS/c1-2-3-6-17-8-10-5-4-9(7-11(10)13)12(14)15-16/h4-5,7,16H,2-3,6,8H2,1H3,(H2,14,15). The lowest BCUT2D eigenvalue weighted by molar-refractivity contribution is 0.318. The van der Waals surface area contributed by atoms with Gasteiger partial charge in [0, 0.05) is 11.3 Å². The van der Waals surface area contributed by atoms with Crippen molar-refractivity contribution >= 4 is 17.6 Å². The molecular formula is C12H17FN2OS. The van der Waals surface area contributed by atoms with E-state index in [4.69, 9.17) is 10.9 Å². The number of oxime groups is 1. The summed E-state index contributed by atoms with van der Waals surface area (Å²) in [5, 5.41) is 11.3. The summed E-state index contributed by atoms with van der Waals surface area (Å²) >= 11 is 1.71. The first-order valence-corrected chi connectivity index (χ1v) is 6.68.